The summed E-state index contributed by atoms with van der Waals surface area (Å²) in [5.74, 6) is -2.54. The first-order valence-corrected chi connectivity index (χ1v) is 12.8. The van der Waals surface area contributed by atoms with Crippen molar-refractivity contribution >= 4 is 17.8 Å². The summed E-state index contributed by atoms with van der Waals surface area (Å²) in [7, 11) is 0. The number of nitrogens with zero attached hydrogens (tertiary/aromatic N) is 1. The van der Waals surface area contributed by atoms with Gasteiger partial charge in [-0.2, -0.15) is 13.2 Å². The van der Waals surface area contributed by atoms with E-state index in [0.717, 1.165) is 23.3 Å². The molecule has 0 saturated heterocycles. The Hall–Kier alpha value is -4.92. The smallest absolute Gasteiger partial charge is 0.416 e. The Morgan fingerprint density at radius 3 is 1.90 bits per heavy atom. The van der Waals surface area contributed by atoms with Gasteiger partial charge in [0.15, 0.2) is 0 Å². The Bertz CT molecular complexity index is 1520. The Balaban J connectivity index is 1.65. The third-order valence-electron chi connectivity index (χ3n) is 6.65. The molecule has 4 aromatic carbocycles. The molecule has 0 spiro atoms. The number of hydrogen-bond donors (Lipinski definition) is 2. The third-order valence-corrected chi connectivity index (χ3v) is 6.65. The van der Waals surface area contributed by atoms with Gasteiger partial charge in [0.2, 0.25) is 5.91 Å². The Morgan fingerprint density at radius 1 is 0.756 bits per heavy atom. The van der Waals surface area contributed by atoms with Crippen molar-refractivity contribution in [1.29, 1.82) is 0 Å². The van der Waals surface area contributed by atoms with Gasteiger partial charge in [0.05, 0.1) is 5.56 Å². The highest BCUT2D eigenvalue weighted by Gasteiger charge is 2.31. The van der Waals surface area contributed by atoms with Crippen LogP contribution in [-0.2, 0) is 22.3 Å². The maximum atomic E-state index is 13.7. The first-order valence-electron chi connectivity index (χ1n) is 12.8. The molecule has 41 heavy (non-hydrogen) atoms. The average molecular weight is 561 g/mol. The third kappa shape index (κ3) is 7.39. The number of aliphatic carboxylic acids is 1. The number of hydrogen-bond acceptors (Lipinski definition) is 3. The van der Waals surface area contributed by atoms with Crippen LogP contribution < -0.4 is 5.73 Å². The molecule has 0 aliphatic rings. The van der Waals surface area contributed by atoms with Crippen molar-refractivity contribution < 1.29 is 32.7 Å². The predicted octanol–water partition coefficient (Wildman–Crippen LogP) is 6.40. The minimum atomic E-state index is -4.46. The molecule has 3 N–H and O–H groups in total. The van der Waals surface area contributed by atoms with E-state index >= 15 is 0 Å². The number of primary amides is 1. The topological polar surface area (TPSA) is 101 Å². The lowest BCUT2D eigenvalue weighted by Crippen LogP contribution is -2.45. The number of carboxylic acid groups (broad SMARTS) is 1. The molecule has 0 radical (unpaired) electrons. The average Bonchev–Trinajstić information content (AvgIpc) is 2.96. The molecule has 0 heterocycles. The largest absolute Gasteiger partial charge is 0.480 e. The molecule has 1 atom stereocenters. The van der Waals surface area contributed by atoms with Gasteiger partial charge in [0, 0.05) is 18.5 Å². The van der Waals surface area contributed by atoms with Crippen LogP contribution in [0.2, 0.25) is 0 Å². The maximum absolute atomic E-state index is 13.7. The van der Waals surface area contributed by atoms with Crippen molar-refractivity contribution in [2.24, 2.45) is 5.73 Å². The highest BCUT2D eigenvalue weighted by atomic mass is 19.4. The van der Waals surface area contributed by atoms with Gasteiger partial charge >= 0.3 is 12.1 Å². The fourth-order valence-electron chi connectivity index (χ4n) is 4.51. The molecule has 0 fully saturated rings. The Labute approximate surface area is 234 Å². The fraction of sp³-hybridized carbons (Fsp3) is 0.156. The number of carbonyl (C=O) groups excluding carboxylic acids is 2. The molecule has 6 nitrogen and oxygen atoms in total. The van der Waals surface area contributed by atoms with Gasteiger partial charge in [-0.15, -0.1) is 0 Å². The van der Waals surface area contributed by atoms with Gasteiger partial charge < -0.3 is 15.7 Å². The predicted molar refractivity (Wildman–Crippen MR) is 148 cm³/mol. The van der Waals surface area contributed by atoms with Crippen LogP contribution in [0, 0.1) is 0 Å². The van der Waals surface area contributed by atoms with E-state index in [1.54, 1.807) is 48.5 Å². The monoisotopic (exact) mass is 560 g/mol. The highest BCUT2D eigenvalue weighted by Crippen LogP contribution is 2.31. The van der Waals surface area contributed by atoms with Crippen LogP contribution in [0.5, 0.6) is 0 Å². The molecule has 4 aromatic rings. The van der Waals surface area contributed by atoms with Crippen molar-refractivity contribution in [1.82, 2.24) is 4.90 Å². The SMILES string of the molecule is NC(=O)CC[C@@H](C(=O)O)N(Cc1cccc(-c2ccc(C(F)(F)F)cc2)c1)C(=O)c1ccc(-c2ccccc2)cc1. The van der Waals surface area contributed by atoms with Crippen molar-refractivity contribution in [2.45, 2.75) is 31.6 Å². The molecule has 0 unspecified atom stereocenters. The lowest BCUT2D eigenvalue weighted by atomic mass is 10.00. The van der Waals surface area contributed by atoms with Crippen LogP contribution >= 0.6 is 0 Å². The lowest BCUT2D eigenvalue weighted by molar-refractivity contribution is -0.143. The van der Waals surface area contributed by atoms with E-state index in [1.807, 2.05) is 30.3 Å². The summed E-state index contributed by atoms with van der Waals surface area (Å²) in [5.41, 5.74) is 8.26. The first kappa shape index (κ1) is 29.1. The molecule has 0 aliphatic carbocycles. The number of benzene rings is 4. The minimum Gasteiger partial charge on any atom is -0.480 e. The van der Waals surface area contributed by atoms with E-state index in [2.05, 4.69) is 0 Å². The van der Waals surface area contributed by atoms with E-state index in [4.69, 9.17) is 5.73 Å². The number of nitrogens with two attached hydrogens (primary N) is 1. The number of amides is 2. The quantitative estimate of drug-likeness (QED) is 0.234. The molecule has 0 aliphatic heterocycles. The van der Waals surface area contributed by atoms with Crippen LogP contribution in [0.25, 0.3) is 22.3 Å². The Morgan fingerprint density at radius 2 is 1.32 bits per heavy atom. The summed E-state index contributed by atoms with van der Waals surface area (Å²) in [4.78, 5) is 38.6. The summed E-state index contributed by atoms with van der Waals surface area (Å²) in [6, 6.07) is 26.4. The number of rotatable bonds is 10. The van der Waals surface area contributed by atoms with E-state index in [9.17, 15) is 32.7 Å². The molecular formula is C32H27F3N2O4. The van der Waals surface area contributed by atoms with Crippen LogP contribution in [-0.4, -0.2) is 33.8 Å². The van der Waals surface area contributed by atoms with E-state index < -0.39 is 35.6 Å². The summed E-state index contributed by atoms with van der Waals surface area (Å²) < 4.78 is 39.0. The molecular weight excluding hydrogens is 533 g/mol. The summed E-state index contributed by atoms with van der Waals surface area (Å²) >= 11 is 0. The van der Waals surface area contributed by atoms with Crippen molar-refractivity contribution in [3.05, 3.63) is 120 Å². The number of alkyl halides is 3. The van der Waals surface area contributed by atoms with Gasteiger partial charge in [-0.05, 0) is 64.6 Å². The van der Waals surface area contributed by atoms with Gasteiger partial charge in [0.25, 0.3) is 5.91 Å². The van der Waals surface area contributed by atoms with Crippen LogP contribution in [0.4, 0.5) is 13.2 Å². The van der Waals surface area contributed by atoms with Crippen LogP contribution in [0.3, 0.4) is 0 Å². The molecule has 0 saturated carbocycles. The highest BCUT2D eigenvalue weighted by molar-refractivity contribution is 5.97. The second-order valence-electron chi connectivity index (χ2n) is 9.51. The van der Waals surface area contributed by atoms with Gasteiger partial charge in [0.1, 0.15) is 6.04 Å². The number of halogens is 3. The second kappa shape index (κ2) is 12.5. The van der Waals surface area contributed by atoms with E-state index in [0.29, 0.717) is 16.7 Å². The molecule has 0 bridgehead atoms. The lowest BCUT2D eigenvalue weighted by Gasteiger charge is -2.29. The van der Waals surface area contributed by atoms with Crippen LogP contribution in [0.1, 0.15) is 34.3 Å². The fourth-order valence-corrected chi connectivity index (χ4v) is 4.51. The van der Waals surface area contributed by atoms with Crippen molar-refractivity contribution in [2.75, 3.05) is 0 Å². The normalized spacial score (nSPS) is 12.0. The Kier molecular flexibility index (Phi) is 8.87. The minimum absolute atomic E-state index is 0.122. The number of carbonyl (C=O) groups is 3. The second-order valence-corrected chi connectivity index (χ2v) is 9.51. The zero-order chi connectivity index (χ0) is 29.6. The zero-order valence-corrected chi connectivity index (χ0v) is 21.8. The van der Waals surface area contributed by atoms with Crippen molar-refractivity contribution in [3.8, 4) is 22.3 Å². The summed E-state index contributed by atoms with van der Waals surface area (Å²) in [5, 5.41) is 10.0. The van der Waals surface area contributed by atoms with Crippen molar-refractivity contribution in [3.63, 3.8) is 0 Å². The standard InChI is InChI=1S/C32H27F3N2O4/c33-32(34,35)27-15-13-24(14-16-27)26-8-4-5-21(19-26)20-37(28(31(40)41)17-18-29(36)38)30(39)25-11-9-23(10-12-25)22-6-2-1-3-7-22/h1-16,19,28H,17-18,20H2,(H2,36,38)(H,40,41)/t28-/m0/s1. The van der Waals surface area contributed by atoms with Gasteiger partial charge in [-0.25, -0.2) is 4.79 Å². The first-order chi connectivity index (χ1) is 19.5. The zero-order valence-electron chi connectivity index (χ0n) is 21.8. The summed E-state index contributed by atoms with van der Waals surface area (Å²) in [6.45, 7) is -0.122. The summed E-state index contributed by atoms with van der Waals surface area (Å²) in [6.07, 6.45) is -4.88. The van der Waals surface area contributed by atoms with E-state index in [1.165, 1.54) is 17.0 Å². The maximum Gasteiger partial charge on any atom is 0.416 e. The molecule has 9 heteroatoms. The number of carboxylic acids is 1. The molecule has 210 valence electrons. The molecule has 0 aromatic heterocycles. The molecule has 4 rings (SSSR count). The van der Waals surface area contributed by atoms with Gasteiger partial charge in [-0.3, -0.25) is 9.59 Å². The molecule has 2 amide bonds. The van der Waals surface area contributed by atoms with E-state index in [-0.39, 0.29) is 24.9 Å². The van der Waals surface area contributed by atoms with Crippen LogP contribution in [0.15, 0.2) is 103 Å². The van der Waals surface area contributed by atoms with Gasteiger partial charge in [-0.1, -0.05) is 72.8 Å².